The number of benzene rings is 1. The highest BCUT2D eigenvalue weighted by molar-refractivity contribution is 5.40. The lowest BCUT2D eigenvalue weighted by Crippen LogP contribution is -2.29. The number of nitrogen functional groups attached to an aromatic ring is 1. The summed E-state index contributed by atoms with van der Waals surface area (Å²) in [5.74, 6) is 1.58. The Kier molecular flexibility index (Phi) is 5.24. The normalized spacial score (nSPS) is 14.1. The van der Waals surface area contributed by atoms with E-state index < -0.39 is 0 Å². The first kappa shape index (κ1) is 14.7. The first-order valence-electron chi connectivity index (χ1n) is 7.26. The van der Waals surface area contributed by atoms with Crippen LogP contribution in [0.15, 0.2) is 47.1 Å². The SMILES string of the molecule is CC(Cc1ccco1)NCCC(C)c1ccc(N)cc1. The minimum Gasteiger partial charge on any atom is -0.469 e. The molecule has 0 aliphatic rings. The zero-order chi connectivity index (χ0) is 14.4. The first-order valence-corrected chi connectivity index (χ1v) is 7.26. The third-order valence-corrected chi connectivity index (χ3v) is 3.66. The lowest BCUT2D eigenvalue weighted by atomic mass is 9.97. The summed E-state index contributed by atoms with van der Waals surface area (Å²) in [6, 6.07) is 12.6. The highest BCUT2D eigenvalue weighted by Crippen LogP contribution is 2.19. The van der Waals surface area contributed by atoms with Crippen molar-refractivity contribution in [2.75, 3.05) is 12.3 Å². The first-order chi connectivity index (χ1) is 9.65. The van der Waals surface area contributed by atoms with E-state index in [1.807, 2.05) is 24.3 Å². The van der Waals surface area contributed by atoms with Crippen molar-refractivity contribution in [3.63, 3.8) is 0 Å². The van der Waals surface area contributed by atoms with Crippen molar-refractivity contribution in [3.05, 3.63) is 54.0 Å². The van der Waals surface area contributed by atoms with Crippen LogP contribution in [0.1, 0.15) is 37.5 Å². The van der Waals surface area contributed by atoms with Crippen LogP contribution in [0.3, 0.4) is 0 Å². The molecule has 0 aliphatic heterocycles. The Bertz CT molecular complexity index is 490. The van der Waals surface area contributed by atoms with E-state index in [0.717, 1.165) is 30.8 Å². The van der Waals surface area contributed by atoms with Crippen molar-refractivity contribution in [2.45, 2.75) is 38.6 Å². The molecule has 0 bridgehead atoms. The van der Waals surface area contributed by atoms with Crippen LogP contribution in [0, 0.1) is 0 Å². The van der Waals surface area contributed by atoms with Gasteiger partial charge in [0.05, 0.1) is 6.26 Å². The molecule has 1 heterocycles. The standard InChI is InChI=1S/C17H24N2O/c1-13(15-5-7-16(18)8-6-15)9-10-19-14(2)12-17-4-3-11-20-17/h3-8,11,13-14,19H,9-10,12,18H2,1-2H3. The van der Waals surface area contributed by atoms with Gasteiger partial charge in [0.25, 0.3) is 0 Å². The molecule has 2 aromatic rings. The average Bonchev–Trinajstić information content (AvgIpc) is 2.92. The van der Waals surface area contributed by atoms with Crippen LogP contribution >= 0.6 is 0 Å². The quantitative estimate of drug-likeness (QED) is 0.757. The van der Waals surface area contributed by atoms with Gasteiger partial charge in [0.2, 0.25) is 0 Å². The molecule has 0 radical (unpaired) electrons. The maximum absolute atomic E-state index is 5.71. The molecule has 2 rings (SSSR count). The summed E-state index contributed by atoms with van der Waals surface area (Å²) >= 11 is 0. The van der Waals surface area contributed by atoms with Gasteiger partial charge in [-0.1, -0.05) is 19.1 Å². The Morgan fingerprint density at radius 2 is 1.90 bits per heavy atom. The summed E-state index contributed by atoms with van der Waals surface area (Å²) in [4.78, 5) is 0. The fourth-order valence-corrected chi connectivity index (χ4v) is 2.34. The van der Waals surface area contributed by atoms with Gasteiger partial charge in [-0.2, -0.15) is 0 Å². The molecule has 20 heavy (non-hydrogen) atoms. The molecule has 0 aliphatic carbocycles. The lowest BCUT2D eigenvalue weighted by Gasteiger charge is -2.16. The van der Waals surface area contributed by atoms with Gasteiger partial charge in [-0.05, 0) is 55.6 Å². The van der Waals surface area contributed by atoms with E-state index in [1.54, 1.807) is 6.26 Å². The number of furan rings is 1. The lowest BCUT2D eigenvalue weighted by molar-refractivity contribution is 0.449. The number of nitrogens with one attached hydrogen (secondary N) is 1. The molecule has 2 unspecified atom stereocenters. The summed E-state index contributed by atoms with van der Waals surface area (Å²) < 4.78 is 5.36. The van der Waals surface area contributed by atoms with Gasteiger partial charge in [0.1, 0.15) is 5.76 Å². The minimum absolute atomic E-state index is 0.430. The summed E-state index contributed by atoms with van der Waals surface area (Å²) in [7, 11) is 0. The molecule has 3 nitrogen and oxygen atoms in total. The van der Waals surface area contributed by atoms with E-state index in [2.05, 4.69) is 31.3 Å². The maximum Gasteiger partial charge on any atom is 0.105 e. The maximum atomic E-state index is 5.71. The van der Waals surface area contributed by atoms with E-state index in [1.165, 1.54) is 5.56 Å². The molecular formula is C17H24N2O. The number of nitrogens with two attached hydrogens (primary N) is 1. The van der Waals surface area contributed by atoms with Crippen LogP contribution in [0.2, 0.25) is 0 Å². The van der Waals surface area contributed by atoms with Crippen LogP contribution in [0.4, 0.5) is 5.69 Å². The average molecular weight is 272 g/mol. The Hall–Kier alpha value is -1.74. The molecular weight excluding hydrogens is 248 g/mol. The number of anilines is 1. The molecule has 1 aromatic carbocycles. The van der Waals surface area contributed by atoms with Gasteiger partial charge >= 0.3 is 0 Å². The predicted octanol–water partition coefficient (Wildman–Crippen LogP) is 3.58. The van der Waals surface area contributed by atoms with E-state index in [9.17, 15) is 0 Å². The third-order valence-electron chi connectivity index (χ3n) is 3.66. The Balaban J connectivity index is 1.71. The molecule has 1 aromatic heterocycles. The molecule has 3 heteroatoms. The zero-order valence-corrected chi connectivity index (χ0v) is 12.3. The number of rotatable bonds is 7. The van der Waals surface area contributed by atoms with Crippen molar-refractivity contribution < 1.29 is 4.42 Å². The largest absolute Gasteiger partial charge is 0.469 e. The predicted molar refractivity (Wildman–Crippen MR) is 83.8 cm³/mol. The summed E-state index contributed by atoms with van der Waals surface area (Å²) in [5, 5.41) is 3.55. The van der Waals surface area contributed by atoms with E-state index in [4.69, 9.17) is 10.2 Å². The van der Waals surface area contributed by atoms with E-state index >= 15 is 0 Å². The summed E-state index contributed by atoms with van der Waals surface area (Å²) in [5.41, 5.74) is 7.88. The smallest absolute Gasteiger partial charge is 0.105 e. The van der Waals surface area contributed by atoms with Crippen molar-refractivity contribution in [3.8, 4) is 0 Å². The Morgan fingerprint density at radius 3 is 2.55 bits per heavy atom. The molecule has 0 saturated carbocycles. The molecule has 0 saturated heterocycles. The second kappa shape index (κ2) is 7.15. The van der Waals surface area contributed by atoms with Crippen LogP contribution in [0.25, 0.3) is 0 Å². The number of hydrogen-bond acceptors (Lipinski definition) is 3. The van der Waals surface area contributed by atoms with Gasteiger partial charge in [0, 0.05) is 18.2 Å². The number of hydrogen-bond donors (Lipinski definition) is 2. The van der Waals surface area contributed by atoms with Gasteiger partial charge in [-0.25, -0.2) is 0 Å². The van der Waals surface area contributed by atoms with Gasteiger partial charge in [0.15, 0.2) is 0 Å². The van der Waals surface area contributed by atoms with Gasteiger partial charge in [-0.15, -0.1) is 0 Å². The van der Waals surface area contributed by atoms with Crippen LogP contribution in [0.5, 0.6) is 0 Å². The third kappa shape index (κ3) is 4.42. The molecule has 108 valence electrons. The second-order valence-corrected chi connectivity index (χ2v) is 5.50. The van der Waals surface area contributed by atoms with Crippen molar-refractivity contribution in [1.29, 1.82) is 0 Å². The molecule has 0 spiro atoms. The molecule has 0 amide bonds. The van der Waals surface area contributed by atoms with E-state index in [0.29, 0.717) is 12.0 Å². The van der Waals surface area contributed by atoms with Crippen LogP contribution in [-0.4, -0.2) is 12.6 Å². The molecule has 0 fully saturated rings. The van der Waals surface area contributed by atoms with Crippen LogP contribution in [-0.2, 0) is 6.42 Å². The topological polar surface area (TPSA) is 51.2 Å². The van der Waals surface area contributed by atoms with Crippen molar-refractivity contribution in [2.24, 2.45) is 0 Å². The minimum atomic E-state index is 0.430. The van der Waals surface area contributed by atoms with Crippen LogP contribution < -0.4 is 11.1 Å². The summed E-state index contributed by atoms with van der Waals surface area (Å²) in [6.45, 7) is 5.45. The highest BCUT2D eigenvalue weighted by atomic mass is 16.3. The fraction of sp³-hybridized carbons (Fsp3) is 0.412. The molecule has 3 N–H and O–H groups in total. The Labute approximate surface area is 121 Å². The molecule has 2 atom stereocenters. The van der Waals surface area contributed by atoms with E-state index in [-0.39, 0.29) is 0 Å². The zero-order valence-electron chi connectivity index (χ0n) is 12.3. The van der Waals surface area contributed by atoms with Gasteiger partial charge in [-0.3, -0.25) is 0 Å². The second-order valence-electron chi connectivity index (χ2n) is 5.50. The van der Waals surface area contributed by atoms with Crippen molar-refractivity contribution in [1.82, 2.24) is 5.32 Å². The van der Waals surface area contributed by atoms with Gasteiger partial charge < -0.3 is 15.5 Å². The Morgan fingerprint density at radius 1 is 1.15 bits per heavy atom. The monoisotopic (exact) mass is 272 g/mol. The van der Waals surface area contributed by atoms with Crippen molar-refractivity contribution >= 4 is 5.69 Å². The fourth-order valence-electron chi connectivity index (χ4n) is 2.34. The highest BCUT2D eigenvalue weighted by Gasteiger charge is 2.08. The summed E-state index contributed by atoms with van der Waals surface area (Å²) in [6.07, 6.45) is 3.78.